The summed E-state index contributed by atoms with van der Waals surface area (Å²) in [5.41, 5.74) is -3.31. The van der Waals surface area contributed by atoms with Crippen LogP contribution in [-0.2, 0) is 38.1 Å². The van der Waals surface area contributed by atoms with Crippen LogP contribution < -0.4 is 5.32 Å². The number of carbonyl (C=O) groups is 5. The predicted octanol–water partition coefficient (Wildman–Crippen LogP) is 8.09. The average molecular weight is 1080 g/mol. The molecule has 2 bridgehead atoms. The standard InChI is InChI=1S/C43H53NO14.C18H20O2/c1-22-26(55-37(51)32(48)30(24-15-11-9-12-16-24)44-38(52)58-39(3,4)5)20-43(53)35(56-36(50)25-17-13-10-14-18-25)33-41(8,34(49)31(47)29(22)40(43,6)7)27(46)19-28-42(33,21-54-28)57-23(2)45;1-3-17(13-5-9-15(19)10-6-13)18(4-2)14-7-11-16(20)12-8-14/h9-18,26-28,30-33,35,46-48,53H,19-21H2,1-8H3,(H,44,52);5-12,19-20H,3-4H2,1-2H3/b;18-17+/t26-,27-,28+,30-,31+,32?,33-,35-,41+,42-,43+;/m0./s1. The molecular formula is C61H73NO16. The first-order valence-corrected chi connectivity index (χ1v) is 26.3. The van der Waals surface area contributed by atoms with Gasteiger partial charge in [0.1, 0.15) is 47.1 Å². The third kappa shape index (κ3) is 11.2. The van der Waals surface area contributed by atoms with Crippen LogP contribution in [0.3, 0.4) is 0 Å². The van der Waals surface area contributed by atoms with Crippen molar-refractivity contribution in [2.24, 2.45) is 16.7 Å². The lowest BCUT2D eigenvalue weighted by Gasteiger charge is -2.67. The molecule has 4 aromatic rings. The second-order valence-electron chi connectivity index (χ2n) is 22.3. The van der Waals surface area contributed by atoms with E-state index in [0.717, 1.165) is 30.9 Å². The molecule has 0 radical (unpaired) electrons. The van der Waals surface area contributed by atoms with Gasteiger partial charge >= 0.3 is 24.0 Å². The molecule has 3 fully saturated rings. The summed E-state index contributed by atoms with van der Waals surface area (Å²) in [5, 5.41) is 70.4. The number of hydrogen-bond acceptors (Lipinski definition) is 16. The van der Waals surface area contributed by atoms with Gasteiger partial charge < -0.3 is 59.6 Å². The van der Waals surface area contributed by atoms with Gasteiger partial charge in [-0.25, -0.2) is 14.4 Å². The van der Waals surface area contributed by atoms with Gasteiger partial charge in [-0.1, -0.05) is 100 Å². The van der Waals surface area contributed by atoms with Crippen LogP contribution in [-0.4, -0.2) is 120 Å². The molecule has 0 aromatic heterocycles. The Bertz CT molecular complexity index is 2860. The van der Waals surface area contributed by atoms with Crippen molar-refractivity contribution in [2.45, 2.75) is 154 Å². The van der Waals surface area contributed by atoms with Gasteiger partial charge in [-0.15, -0.1) is 0 Å². The molecular weight excluding hydrogens is 1000 g/mol. The van der Waals surface area contributed by atoms with Crippen molar-refractivity contribution >= 4 is 40.9 Å². The van der Waals surface area contributed by atoms with E-state index in [2.05, 4.69) is 19.2 Å². The summed E-state index contributed by atoms with van der Waals surface area (Å²) in [6.45, 7) is 16.1. The molecule has 1 unspecified atom stereocenters. The van der Waals surface area contributed by atoms with E-state index in [1.807, 2.05) is 24.3 Å². The predicted molar refractivity (Wildman–Crippen MR) is 287 cm³/mol. The number of alkyl carbamates (subject to hydrolysis) is 1. The van der Waals surface area contributed by atoms with Crippen LogP contribution in [0.25, 0.3) is 11.1 Å². The van der Waals surface area contributed by atoms with E-state index < -0.39 is 112 Å². The zero-order valence-electron chi connectivity index (χ0n) is 45.8. The Balaban J connectivity index is 0.000000369. The normalized spacial score (nSPS) is 28.2. The number of hydrogen-bond donors (Lipinski definition) is 7. The number of ether oxygens (including phenoxy) is 5. The Morgan fingerprint density at radius 2 is 1.31 bits per heavy atom. The van der Waals surface area contributed by atoms with Gasteiger partial charge in [0, 0.05) is 25.2 Å². The molecule has 0 spiro atoms. The van der Waals surface area contributed by atoms with Crippen LogP contribution in [0.4, 0.5) is 4.79 Å². The quantitative estimate of drug-likeness (QED) is 0.0306. The molecule has 1 aliphatic heterocycles. The summed E-state index contributed by atoms with van der Waals surface area (Å²) in [7, 11) is 0. The van der Waals surface area contributed by atoms with Crippen LogP contribution >= 0.6 is 0 Å². The monoisotopic (exact) mass is 1080 g/mol. The van der Waals surface area contributed by atoms with Crippen molar-refractivity contribution in [1.29, 1.82) is 0 Å². The van der Waals surface area contributed by atoms with Gasteiger partial charge in [-0.3, -0.25) is 9.59 Å². The lowest BCUT2D eigenvalue weighted by atomic mass is 9.44. The van der Waals surface area contributed by atoms with E-state index in [1.165, 1.54) is 37.1 Å². The minimum Gasteiger partial charge on any atom is -0.508 e. The molecule has 7 N–H and O–H groups in total. The largest absolute Gasteiger partial charge is 0.508 e. The molecule has 1 amide bonds. The molecule has 4 aromatic carbocycles. The number of phenolic OH excluding ortho intramolecular Hbond substituents is 2. The minimum atomic E-state index is -2.35. The van der Waals surface area contributed by atoms with Crippen molar-refractivity contribution in [3.8, 4) is 11.5 Å². The van der Waals surface area contributed by atoms with E-state index in [0.29, 0.717) is 5.56 Å². The van der Waals surface area contributed by atoms with E-state index in [9.17, 15) is 54.6 Å². The summed E-state index contributed by atoms with van der Waals surface area (Å²) < 4.78 is 29.5. The fraction of sp³-hybridized carbons (Fsp3) is 0.459. The Kier molecular flexibility index (Phi) is 17.2. The molecule has 17 nitrogen and oxygen atoms in total. The van der Waals surface area contributed by atoms with Gasteiger partial charge in [0.25, 0.3) is 0 Å². The number of aromatic hydroxyl groups is 2. The highest BCUT2D eigenvalue weighted by molar-refractivity contribution is 5.94. The van der Waals surface area contributed by atoms with Crippen molar-refractivity contribution in [3.05, 3.63) is 143 Å². The summed E-state index contributed by atoms with van der Waals surface area (Å²) in [6, 6.07) is 29.3. The number of allylic oxidation sites excluding steroid dienone is 2. The number of rotatable bonds is 12. The summed E-state index contributed by atoms with van der Waals surface area (Å²) in [4.78, 5) is 68.9. The van der Waals surface area contributed by atoms with Crippen LogP contribution in [0.2, 0.25) is 0 Å². The first-order valence-electron chi connectivity index (χ1n) is 26.3. The van der Waals surface area contributed by atoms with Crippen LogP contribution in [0.15, 0.2) is 120 Å². The number of ketones is 1. The maximum atomic E-state index is 14.9. The van der Waals surface area contributed by atoms with Crippen molar-refractivity contribution in [1.82, 2.24) is 5.32 Å². The average Bonchev–Trinajstić information content (AvgIpc) is 3.14. The first-order chi connectivity index (χ1) is 36.6. The van der Waals surface area contributed by atoms with Gasteiger partial charge in [0.2, 0.25) is 0 Å². The maximum absolute atomic E-state index is 14.9. The number of nitrogens with one attached hydrogen (secondary N) is 1. The number of aliphatic hydroxyl groups excluding tert-OH is 3. The van der Waals surface area contributed by atoms with Gasteiger partial charge in [-0.05, 0) is 123 Å². The molecule has 2 saturated carbocycles. The molecule has 8 rings (SSSR count). The second-order valence-corrected chi connectivity index (χ2v) is 22.3. The topological polar surface area (TPSA) is 265 Å². The third-order valence-electron chi connectivity index (χ3n) is 16.1. The molecule has 1 heterocycles. The molecule has 3 aliphatic carbocycles. The number of Topliss-reactive ketones (excluding diaryl/α,β-unsaturated/α-hetero) is 1. The summed E-state index contributed by atoms with van der Waals surface area (Å²) in [5.74, 6) is -4.80. The molecule has 11 atom stereocenters. The zero-order valence-corrected chi connectivity index (χ0v) is 45.8. The zero-order chi connectivity index (χ0) is 57.3. The number of aliphatic hydroxyl groups is 4. The van der Waals surface area contributed by atoms with Crippen LogP contribution in [0.5, 0.6) is 11.5 Å². The highest BCUT2D eigenvalue weighted by Crippen LogP contribution is 2.64. The lowest BCUT2D eigenvalue weighted by Crippen LogP contribution is -2.81. The molecule has 418 valence electrons. The van der Waals surface area contributed by atoms with E-state index in [1.54, 1.807) is 107 Å². The smallest absolute Gasteiger partial charge is 0.408 e. The number of amides is 1. The molecule has 17 heteroatoms. The molecule has 1 saturated heterocycles. The van der Waals surface area contributed by atoms with Crippen LogP contribution in [0, 0.1) is 16.7 Å². The van der Waals surface area contributed by atoms with E-state index in [4.69, 9.17) is 23.7 Å². The number of fused-ring (bicyclic) bond motifs is 5. The number of phenols is 2. The lowest BCUT2D eigenvalue weighted by molar-refractivity contribution is -0.346. The minimum absolute atomic E-state index is 0.0637. The van der Waals surface area contributed by atoms with Crippen molar-refractivity contribution < 1.29 is 78.3 Å². The molecule has 78 heavy (non-hydrogen) atoms. The third-order valence-corrected chi connectivity index (χ3v) is 16.1. The fourth-order valence-electron chi connectivity index (χ4n) is 12.1. The maximum Gasteiger partial charge on any atom is 0.408 e. The van der Waals surface area contributed by atoms with Gasteiger partial charge in [-0.2, -0.15) is 0 Å². The van der Waals surface area contributed by atoms with Crippen molar-refractivity contribution in [3.63, 3.8) is 0 Å². The van der Waals surface area contributed by atoms with E-state index in [-0.39, 0.29) is 41.2 Å². The summed E-state index contributed by atoms with van der Waals surface area (Å²) in [6.07, 6.45) is -9.63. The van der Waals surface area contributed by atoms with Gasteiger partial charge in [0.05, 0.1) is 35.6 Å². The summed E-state index contributed by atoms with van der Waals surface area (Å²) >= 11 is 0. The first kappa shape index (κ1) is 58.8. The highest BCUT2D eigenvalue weighted by atomic mass is 16.6. The number of benzene rings is 4. The van der Waals surface area contributed by atoms with Gasteiger partial charge in [0.15, 0.2) is 17.5 Å². The van der Waals surface area contributed by atoms with Crippen LogP contribution in [0.1, 0.15) is 128 Å². The SMILES string of the molecule is CC(=O)O[C@@]12CO[C@@H]1C[C@H](O)[C@@]1(C)C(=O)[C@H](O)C3=C(C)[C@@H](OC(=O)C(O)[C@@H](NC(=O)OC(C)(C)C)c4ccccc4)C[C@@](O)([C@@H](OC(=O)c4ccccc4)[C@H]21)C3(C)C.CC/C(=C(/CC)c1ccc(O)cc1)c1ccc(O)cc1. The van der Waals surface area contributed by atoms with E-state index >= 15 is 0 Å². The number of carbonyl (C=O) groups excluding carboxylic acids is 5. The highest BCUT2D eigenvalue weighted by Gasteiger charge is 2.78. The second kappa shape index (κ2) is 22.8. The Morgan fingerprint density at radius 3 is 1.78 bits per heavy atom. The fourth-order valence-corrected chi connectivity index (χ4v) is 12.1. The Labute approximate surface area is 454 Å². The Hall–Kier alpha value is -6.89. The molecule has 4 aliphatic rings. The Morgan fingerprint density at radius 1 is 0.782 bits per heavy atom. The number of esters is 3. The van der Waals surface area contributed by atoms with Crippen molar-refractivity contribution in [2.75, 3.05) is 6.61 Å².